The van der Waals surface area contributed by atoms with E-state index in [2.05, 4.69) is 0 Å². The molecule has 2 aromatic rings. The molecule has 21 heavy (non-hydrogen) atoms. The molecule has 6 heteroatoms. The van der Waals surface area contributed by atoms with Gasteiger partial charge in [0, 0.05) is 13.1 Å². The van der Waals surface area contributed by atoms with Gasteiger partial charge in [-0.15, -0.1) is 0 Å². The van der Waals surface area contributed by atoms with Crippen molar-refractivity contribution in [3.63, 3.8) is 0 Å². The monoisotopic (exact) mass is 308 g/mol. The summed E-state index contributed by atoms with van der Waals surface area (Å²) >= 11 is 0. The van der Waals surface area contributed by atoms with Crippen molar-refractivity contribution in [1.82, 2.24) is 0 Å². The van der Waals surface area contributed by atoms with Crippen LogP contribution in [-0.4, -0.2) is 15.0 Å². The average Bonchev–Trinajstić information content (AvgIpc) is 2.50. The lowest BCUT2D eigenvalue weighted by Crippen LogP contribution is -2.31. The molecule has 2 aromatic carbocycles. The fourth-order valence-corrected chi connectivity index (χ4v) is 3.64. The van der Waals surface area contributed by atoms with Crippen LogP contribution in [0.1, 0.15) is 12.5 Å². The molecule has 0 bridgehead atoms. The first-order chi connectivity index (χ1) is 10.0. The normalized spacial score (nSPS) is 11.4. The van der Waals surface area contributed by atoms with E-state index in [4.69, 9.17) is 5.73 Å². The predicted molar refractivity (Wildman–Crippen MR) is 80.9 cm³/mol. The van der Waals surface area contributed by atoms with Crippen molar-refractivity contribution in [1.29, 1.82) is 0 Å². The van der Waals surface area contributed by atoms with Crippen molar-refractivity contribution < 1.29 is 12.8 Å². The Bertz CT molecular complexity index is 732. The smallest absolute Gasteiger partial charge is 0.264 e. The van der Waals surface area contributed by atoms with E-state index in [1.807, 2.05) is 0 Å². The second kappa shape index (κ2) is 6.24. The van der Waals surface area contributed by atoms with Crippen LogP contribution >= 0.6 is 0 Å². The topological polar surface area (TPSA) is 63.4 Å². The van der Waals surface area contributed by atoms with Gasteiger partial charge in [-0.05, 0) is 36.8 Å². The molecule has 0 aliphatic heterocycles. The maximum atomic E-state index is 13.9. The molecule has 0 atom stereocenters. The van der Waals surface area contributed by atoms with Crippen LogP contribution in [0.2, 0.25) is 0 Å². The summed E-state index contributed by atoms with van der Waals surface area (Å²) in [7, 11) is -3.82. The molecule has 0 unspecified atom stereocenters. The number of halogens is 1. The average molecular weight is 308 g/mol. The van der Waals surface area contributed by atoms with Crippen LogP contribution in [0.4, 0.5) is 10.1 Å². The van der Waals surface area contributed by atoms with Gasteiger partial charge in [-0.2, -0.15) is 0 Å². The number of sulfonamides is 1. The standard InChI is InChI=1S/C15H17FN2O2S/c1-2-18(15-9-4-3-8-14(15)16)21(19,20)13-7-5-6-12(10-13)11-17/h3-10H,2,11,17H2,1H3. The maximum Gasteiger partial charge on any atom is 0.264 e. The van der Waals surface area contributed by atoms with Gasteiger partial charge in [-0.25, -0.2) is 12.8 Å². The number of benzene rings is 2. The minimum atomic E-state index is -3.82. The summed E-state index contributed by atoms with van der Waals surface area (Å²) in [6.45, 7) is 2.04. The van der Waals surface area contributed by atoms with E-state index >= 15 is 0 Å². The SMILES string of the molecule is CCN(c1ccccc1F)S(=O)(=O)c1cccc(CN)c1. The van der Waals surface area contributed by atoms with Crippen molar-refractivity contribution in [2.24, 2.45) is 5.73 Å². The molecule has 0 radical (unpaired) electrons. The molecule has 0 aromatic heterocycles. The number of nitrogens with zero attached hydrogens (tertiary/aromatic N) is 1. The van der Waals surface area contributed by atoms with Gasteiger partial charge in [0.25, 0.3) is 10.0 Å². The third-order valence-electron chi connectivity index (χ3n) is 3.13. The molecule has 2 rings (SSSR count). The summed E-state index contributed by atoms with van der Waals surface area (Å²) in [5.41, 5.74) is 6.29. The Balaban J connectivity index is 2.52. The first-order valence-corrected chi connectivity index (χ1v) is 8.01. The molecule has 0 saturated carbocycles. The minimum Gasteiger partial charge on any atom is -0.326 e. The molecular weight excluding hydrogens is 291 g/mol. The van der Waals surface area contributed by atoms with Crippen LogP contribution in [0.5, 0.6) is 0 Å². The van der Waals surface area contributed by atoms with Gasteiger partial charge < -0.3 is 5.73 Å². The summed E-state index contributed by atoms with van der Waals surface area (Å²) in [5.74, 6) is -0.571. The number of hydrogen-bond donors (Lipinski definition) is 1. The van der Waals surface area contributed by atoms with E-state index in [0.29, 0.717) is 5.56 Å². The second-order valence-electron chi connectivity index (χ2n) is 4.47. The maximum absolute atomic E-state index is 13.9. The Morgan fingerprint density at radius 2 is 1.86 bits per heavy atom. The van der Waals surface area contributed by atoms with Gasteiger partial charge in [0.2, 0.25) is 0 Å². The molecular formula is C15H17FN2O2S. The Hall–Kier alpha value is -1.92. The molecule has 0 amide bonds. The van der Waals surface area contributed by atoms with Crippen LogP contribution in [0.25, 0.3) is 0 Å². The molecule has 0 spiro atoms. The molecule has 0 fully saturated rings. The summed E-state index contributed by atoms with van der Waals surface area (Å²) in [6, 6.07) is 12.2. The summed E-state index contributed by atoms with van der Waals surface area (Å²) < 4.78 is 40.4. The van der Waals surface area contributed by atoms with Gasteiger partial charge in [0.05, 0.1) is 10.6 Å². The first kappa shape index (κ1) is 15.5. The third kappa shape index (κ3) is 3.06. The number of anilines is 1. The highest BCUT2D eigenvalue weighted by atomic mass is 32.2. The van der Waals surface area contributed by atoms with E-state index < -0.39 is 15.8 Å². The van der Waals surface area contributed by atoms with Gasteiger partial charge in [0.1, 0.15) is 5.82 Å². The van der Waals surface area contributed by atoms with E-state index in [-0.39, 0.29) is 23.7 Å². The van der Waals surface area contributed by atoms with Crippen molar-refractivity contribution in [2.45, 2.75) is 18.4 Å². The van der Waals surface area contributed by atoms with Crippen LogP contribution in [0.3, 0.4) is 0 Å². The Kier molecular flexibility index (Phi) is 4.59. The van der Waals surface area contributed by atoms with Crippen molar-refractivity contribution in [3.8, 4) is 0 Å². The largest absolute Gasteiger partial charge is 0.326 e. The molecule has 0 aliphatic rings. The van der Waals surface area contributed by atoms with E-state index in [1.165, 1.54) is 30.3 Å². The minimum absolute atomic E-state index is 0.0400. The van der Waals surface area contributed by atoms with Crippen LogP contribution < -0.4 is 10.0 Å². The fraction of sp³-hybridized carbons (Fsp3) is 0.200. The van der Waals surface area contributed by atoms with Crippen LogP contribution in [0.15, 0.2) is 53.4 Å². The Morgan fingerprint density at radius 1 is 1.14 bits per heavy atom. The molecule has 0 aliphatic carbocycles. The highest BCUT2D eigenvalue weighted by molar-refractivity contribution is 7.92. The molecule has 4 nitrogen and oxygen atoms in total. The van der Waals surface area contributed by atoms with Crippen LogP contribution in [-0.2, 0) is 16.6 Å². The van der Waals surface area contributed by atoms with Gasteiger partial charge in [0.15, 0.2) is 0 Å². The Morgan fingerprint density at radius 3 is 2.48 bits per heavy atom. The van der Waals surface area contributed by atoms with E-state index in [1.54, 1.807) is 25.1 Å². The summed E-state index contributed by atoms with van der Waals surface area (Å²) in [4.78, 5) is 0.107. The summed E-state index contributed by atoms with van der Waals surface area (Å²) in [5, 5.41) is 0. The zero-order valence-electron chi connectivity index (χ0n) is 11.7. The fourth-order valence-electron chi connectivity index (χ4n) is 2.08. The highest BCUT2D eigenvalue weighted by Crippen LogP contribution is 2.26. The lowest BCUT2D eigenvalue weighted by molar-refractivity contribution is 0.586. The van der Waals surface area contributed by atoms with Gasteiger partial charge in [-0.1, -0.05) is 24.3 Å². The van der Waals surface area contributed by atoms with Crippen LogP contribution in [0, 0.1) is 5.82 Å². The van der Waals surface area contributed by atoms with Gasteiger partial charge in [-0.3, -0.25) is 4.31 Å². The molecule has 0 heterocycles. The lowest BCUT2D eigenvalue weighted by Gasteiger charge is -2.23. The quantitative estimate of drug-likeness (QED) is 0.923. The number of rotatable bonds is 5. The lowest BCUT2D eigenvalue weighted by atomic mass is 10.2. The van der Waals surface area contributed by atoms with Crippen molar-refractivity contribution in [3.05, 3.63) is 59.9 Å². The zero-order chi connectivity index (χ0) is 15.5. The molecule has 2 N–H and O–H groups in total. The van der Waals surface area contributed by atoms with Crippen molar-refractivity contribution >= 4 is 15.7 Å². The number of para-hydroxylation sites is 1. The third-order valence-corrected chi connectivity index (χ3v) is 5.02. The van der Waals surface area contributed by atoms with Gasteiger partial charge >= 0.3 is 0 Å². The summed E-state index contributed by atoms with van der Waals surface area (Å²) in [6.07, 6.45) is 0. The second-order valence-corrected chi connectivity index (χ2v) is 6.34. The molecule has 112 valence electrons. The van der Waals surface area contributed by atoms with E-state index in [9.17, 15) is 12.8 Å². The number of nitrogens with two attached hydrogens (primary N) is 1. The molecule has 0 saturated heterocycles. The first-order valence-electron chi connectivity index (χ1n) is 6.57. The highest BCUT2D eigenvalue weighted by Gasteiger charge is 2.25. The Labute approximate surface area is 124 Å². The van der Waals surface area contributed by atoms with Crippen molar-refractivity contribution in [2.75, 3.05) is 10.8 Å². The van der Waals surface area contributed by atoms with E-state index in [0.717, 1.165) is 4.31 Å². The number of hydrogen-bond acceptors (Lipinski definition) is 3. The zero-order valence-corrected chi connectivity index (χ0v) is 12.5. The predicted octanol–water partition coefficient (Wildman–Crippen LogP) is 2.50.